The smallest absolute Gasteiger partial charge is 0.0124 e. The Labute approximate surface area is 176 Å². The highest BCUT2D eigenvalue weighted by Gasteiger charge is 2.59. The molecule has 0 saturated heterocycles. The molecule has 0 fully saturated rings. The van der Waals surface area contributed by atoms with Crippen LogP contribution >= 0.6 is 0 Å². The van der Waals surface area contributed by atoms with Crippen molar-refractivity contribution >= 4 is 0 Å². The van der Waals surface area contributed by atoms with Crippen LogP contribution in [0.15, 0.2) is 99.2 Å². The first-order chi connectivity index (χ1) is 14.2. The highest BCUT2D eigenvalue weighted by molar-refractivity contribution is 5.52. The van der Waals surface area contributed by atoms with Crippen LogP contribution in [0.4, 0.5) is 0 Å². The van der Waals surface area contributed by atoms with E-state index in [0.29, 0.717) is 11.8 Å². The van der Waals surface area contributed by atoms with Crippen molar-refractivity contribution < 1.29 is 0 Å². The average Bonchev–Trinajstić information content (AvgIpc) is 3.24. The van der Waals surface area contributed by atoms with Crippen LogP contribution < -0.4 is 0 Å². The number of allylic oxidation sites excluding steroid dienone is 4. The summed E-state index contributed by atoms with van der Waals surface area (Å²) in [6, 6.07) is 18.1. The molecule has 29 heavy (non-hydrogen) atoms. The lowest BCUT2D eigenvalue weighted by atomic mass is 9.53. The van der Waals surface area contributed by atoms with Crippen LogP contribution in [0.3, 0.4) is 0 Å². The van der Waals surface area contributed by atoms with Gasteiger partial charge in [-0.15, -0.1) is 26.3 Å². The maximum absolute atomic E-state index is 4.46. The number of hydrogen-bond acceptors (Lipinski definition) is 0. The molecule has 0 aliphatic heterocycles. The Kier molecular flexibility index (Phi) is 5.21. The Bertz CT molecular complexity index is 936. The zero-order valence-corrected chi connectivity index (χ0v) is 17.4. The van der Waals surface area contributed by atoms with Gasteiger partial charge < -0.3 is 0 Å². The first-order valence-corrected chi connectivity index (χ1v) is 10.8. The van der Waals surface area contributed by atoms with Crippen molar-refractivity contribution in [1.29, 1.82) is 0 Å². The lowest BCUT2D eigenvalue weighted by Gasteiger charge is -2.49. The second-order valence-electron chi connectivity index (χ2n) is 8.78. The summed E-state index contributed by atoms with van der Waals surface area (Å²) in [5, 5.41) is 0. The number of benzene rings is 2. The normalized spacial score (nSPS) is 26.3. The van der Waals surface area contributed by atoms with Gasteiger partial charge in [0.2, 0.25) is 0 Å². The molecule has 0 spiro atoms. The zero-order chi connectivity index (χ0) is 20.5. The van der Waals surface area contributed by atoms with Crippen molar-refractivity contribution in [3.63, 3.8) is 0 Å². The van der Waals surface area contributed by atoms with E-state index in [1.807, 2.05) is 0 Å². The van der Waals surface area contributed by atoms with Crippen LogP contribution in [0.5, 0.6) is 0 Å². The summed E-state index contributed by atoms with van der Waals surface area (Å²) >= 11 is 0. The minimum absolute atomic E-state index is 0.0459. The summed E-state index contributed by atoms with van der Waals surface area (Å²) in [5.74, 6) is 0.979. The van der Waals surface area contributed by atoms with Gasteiger partial charge in [0, 0.05) is 10.8 Å². The second kappa shape index (κ2) is 7.67. The van der Waals surface area contributed by atoms with E-state index >= 15 is 0 Å². The van der Waals surface area contributed by atoms with E-state index in [9.17, 15) is 0 Å². The summed E-state index contributed by atoms with van der Waals surface area (Å²) in [4.78, 5) is 0. The third-order valence-electron chi connectivity index (χ3n) is 7.66. The van der Waals surface area contributed by atoms with Crippen LogP contribution in [-0.2, 0) is 11.8 Å². The molecule has 3 unspecified atom stereocenters. The SMILES string of the molecule is C=CCC1CC(C2(C=C)Cc3ccccc3C2(CC=C)CC=C)c2ccccc21. The molecule has 2 aliphatic rings. The predicted molar refractivity (Wildman–Crippen MR) is 125 cm³/mol. The van der Waals surface area contributed by atoms with Crippen LogP contribution in [-0.4, -0.2) is 0 Å². The van der Waals surface area contributed by atoms with Crippen LogP contribution in [0.2, 0.25) is 0 Å². The molecule has 4 rings (SSSR count). The molecular formula is C29H32. The molecule has 0 N–H and O–H groups in total. The third-order valence-corrected chi connectivity index (χ3v) is 7.66. The Balaban J connectivity index is 1.95. The summed E-state index contributed by atoms with van der Waals surface area (Å²) in [6.07, 6.45) is 13.7. The summed E-state index contributed by atoms with van der Waals surface area (Å²) < 4.78 is 0. The molecular weight excluding hydrogens is 348 g/mol. The molecule has 148 valence electrons. The van der Waals surface area contributed by atoms with E-state index in [2.05, 4.69) is 99.2 Å². The van der Waals surface area contributed by atoms with Gasteiger partial charge in [0.15, 0.2) is 0 Å². The molecule has 3 atom stereocenters. The Hall–Kier alpha value is -2.60. The largest absolute Gasteiger partial charge is 0.103 e. The molecule has 2 aromatic carbocycles. The van der Waals surface area contributed by atoms with Gasteiger partial charge in [-0.25, -0.2) is 0 Å². The van der Waals surface area contributed by atoms with Gasteiger partial charge in [-0.1, -0.05) is 72.8 Å². The van der Waals surface area contributed by atoms with Gasteiger partial charge >= 0.3 is 0 Å². The molecule has 0 bridgehead atoms. The number of rotatable bonds is 8. The van der Waals surface area contributed by atoms with Gasteiger partial charge in [-0.2, -0.15) is 0 Å². The monoisotopic (exact) mass is 380 g/mol. The quantitative estimate of drug-likeness (QED) is 0.412. The van der Waals surface area contributed by atoms with Crippen molar-refractivity contribution in [1.82, 2.24) is 0 Å². The molecule has 0 heteroatoms. The standard InChI is InChI=1S/C29H32/c1-5-13-22-20-27(25-16-11-10-15-24(22)25)28(8-4)21-23-14-9-12-17-26(23)29(28,18-6-2)19-7-3/h5-12,14-17,22,27H,1-4,13,18-21H2. The molecule has 0 saturated carbocycles. The third kappa shape index (κ3) is 2.73. The van der Waals surface area contributed by atoms with E-state index in [1.54, 1.807) is 0 Å². The number of fused-ring (bicyclic) bond motifs is 2. The summed E-state index contributed by atoms with van der Waals surface area (Å²) in [5.41, 5.74) is 5.83. The maximum atomic E-state index is 4.46. The number of hydrogen-bond donors (Lipinski definition) is 0. The second-order valence-corrected chi connectivity index (χ2v) is 8.78. The van der Waals surface area contributed by atoms with Gasteiger partial charge in [-0.3, -0.25) is 0 Å². The van der Waals surface area contributed by atoms with Crippen molar-refractivity contribution in [3.8, 4) is 0 Å². The van der Waals surface area contributed by atoms with Crippen LogP contribution in [0, 0.1) is 5.41 Å². The lowest BCUT2D eigenvalue weighted by Crippen LogP contribution is -2.45. The fourth-order valence-electron chi connectivity index (χ4n) is 6.57. The van der Waals surface area contributed by atoms with Crippen LogP contribution in [0.25, 0.3) is 0 Å². The van der Waals surface area contributed by atoms with Crippen molar-refractivity contribution in [2.24, 2.45) is 5.41 Å². The molecule has 0 aromatic heterocycles. The first kappa shape index (κ1) is 19.7. The van der Waals surface area contributed by atoms with Gasteiger partial charge in [0.1, 0.15) is 0 Å². The fraction of sp³-hybridized carbons (Fsp3) is 0.310. The fourth-order valence-corrected chi connectivity index (χ4v) is 6.57. The molecule has 2 aromatic rings. The molecule has 0 heterocycles. The van der Waals surface area contributed by atoms with Crippen molar-refractivity contribution in [2.75, 3.05) is 0 Å². The molecule has 0 amide bonds. The highest BCUT2D eigenvalue weighted by atomic mass is 14.6. The molecule has 0 radical (unpaired) electrons. The maximum Gasteiger partial charge on any atom is 0.0124 e. The predicted octanol–water partition coefficient (Wildman–Crippen LogP) is 7.65. The van der Waals surface area contributed by atoms with Gasteiger partial charge in [-0.05, 0) is 66.2 Å². The minimum atomic E-state index is -0.0505. The summed E-state index contributed by atoms with van der Waals surface area (Å²) in [6.45, 7) is 16.8. The van der Waals surface area contributed by atoms with E-state index in [4.69, 9.17) is 0 Å². The Morgan fingerprint density at radius 3 is 2.14 bits per heavy atom. The van der Waals surface area contributed by atoms with Gasteiger partial charge in [0.05, 0.1) is 0 Å². The van der Waals surface area contributed by atoms with Crippen molar-refractivity contribution in [3.05, 3.63) is 121 Å². The Morgan fingerprint density at radius 2 is 1.48 bits per heavy atom. The van der Waals surface area contributed by atoms with E-state index in [0.717, 1.165) is 32.1 Å². The zero-order valence-electron chi connectivity index (χ0n) is 17.4. The average molecular weight is 381 g/mol. The summed E-state index contributed by atoms with van der Waals surface area (Å²) in [7, 11) is 0. The van der Waals surface area contributed by atoms with Crippen LogP contribution in [0.1, 0.15) is 59.8 Å². The lowest BCUT2D eigenvalue weighted by molar-refractivity contribution is 0.153. The highest BCUT2D eigenvalue weighted by Crippen LogP contribution is 2.66. The topological polar surface area (TPSA) is 0 Å². The van der Waals surface area contributed by atoms with Crippen molar-refractivity contribution in [2.45, 2.75) is 49.4 Å². The minimum Gasteiger partial charge on any atom is -0.103 e. The van der Waals surface area contributed by atoms with E-state index < -0.39 is 0 Å². The van der Waals surface area contributed by atoms with E-state index in [1.165, 1.54) is 22.3 Å². The first-order valence-electron chi connectivity index (χ1n) is 10.8. The van der Waals surface area contributed by atoms with E-state index in [-0.39, 0.29) is 10.8 Å². The van der Waals surface area contributed by atoms with Gasteiger partial charge in [0.25, 0.3) is 0 Å². The molecule has 2 aliphatic carbocycles. The Morgan fingerprint density at radius 1 is 0.828 bits per heavy atom. The molecule has 0 nitrogen and oxygen atoms in total.